The van der Waals surface area contributed by atoms with Gasteiger partial charge in [0.05, 0.1) is 24.8 Å². The largest absolute Gasteiger partial charge is 0.497 e. The van der Waals surface area contributed by atoms with Crippen LogP contribution in [-0.4, -0.2) is 47.7 Å². The van der Waals surface area contributed by atoms with Crippen LogP contribution in [0.1, 0.15) is 43.2 Å². The van der Waals surface area contributed by atoms with Crippen LogP contribution in [0, 0.1) is 11.8 Å². The zero-order valence-corrected chi connectivity index (χ0v) is 19.0. The van der Waals surface area contributed by atoms with Gasteiger partial charge in [-0.05, 0) is 86.7 Å². The number of likely N-dealkylation sites (tertiary alicyclic amines) is 1. The number of fused-ring (bicyclic) bond motifs is 1. The Balaban J connectivity index is 1.34. The van der Waals surface area contributed by atoms with Gasteiger partial charge in [0.15, 0.2) is 0 Å². The molecule has 1 N–H and O–H groups in total. The summed E-state index contributed by atoms with van der Waals surface area (Å²) in [4.78, 5) is 18.5. The molecule has 0 bridgehead atoms. The number of hydrogen-bond acceptors (Lipinski definition) is 5. The van der Waals surface area contributed by atoms with E-state index in [1.807, 2.05) is 30.3 Å². The van der Waals surface area contributed by atoms with Crippen LogP contribution in [0.5, 0.6) is 5.75 Å². The average molecular weight is 455 g/mol. The van der Waals surface area contributed by atoms with Crippen LogP contribution in [0.3, 0.4) is 0 Å². The van der Waals surface area contributed by atoms with E-state index in [0.29, 0.717) is 30.7 Å². The molecule has 7 heteroatoms. The molecule has 33 heavy (non-hydrogen) atoms. The predicted octanol–water partition coefficient (Wildman–Crippen LogP) is 5.28. The summed E-state index contributed by atoms with van der Waals surface area (Å²) in [5.41, 5.74) is 1.31. The summed E-state index contributed by atoms with van der Waals surface area (Å²) in [5.74, 6) is 0.336. The van der Waals surface area contributed by atoms with Crippen molar-refractivity contribution in [3.8, 4) is 5.75 Å². The number of furan rings is 1. The number of carbonyl (C=O) groups is 1. The third-order valence-electron chi connectivity index (χ3n) is 6.75. The first-order valence-corrected chi connectivity index (χ1v) is 11.6. The number of carboxylic acids is 1. The van der Waals surface area contributed by atoms with Gasteiger partial charge in [0.25, 0.3) is 0 Å². The molecule has 176 valence electrons. The summed E-state index contributed by atoms with van der Waals surface area (Å²) < 4.78 is 26.0. The number of benzene rings is 1. The normalized spacial score (nSPS) is 20.1. The van der Waals surface area contributed by atoms with E-state index in [1.54, 1.807) is 25.6 Å². The topological polar surface area (TPSA) is 75.8 Å². The molecule has 0 radical (unpaired) electrons. The Morgan fingerprint density at radius 2 is 2.24 bits per heavy atom. The maximum Gasteiger partial charge on any atom is 0.308 e. The van der Waals surface area contributed by atoms with E-state index in [-0.39, 0.29) is 5.92 Å². The van der Waals surface area contributed by atoms with Gasteiger partial charge in [-0.3, -0.25) is 9.78 Å². The summed E-state index contributed by atoms with van der Waals surface area (Å²) >= 11 is 0. The van der Waals surface area contributed by atoms with Crippen molar-refractivity contribution < 1.29 is 23.4 Å². The number of ether oxygens (including phenoxy) is 1. The molecule has 1 fully saturated rings. The van der Waals surface area contributed by atoms with E-state index in [2.05, 4.69) is 9.88 Å². The zero-order chi connectivity index (χ0) is 23.2. The second-order valence-corrected chi connectivity index (χ2v) is 8.81. The molecule has 1 aliphatic heterocycles. The molecular weight excluding hydrogens is 423 g/mol. The van der Waals surface area contributed by atoms with Gasteiger partial charge >= 0.3 is 5.97 Å². The first-order valence-electron chi connectivity index (χ1n) is 11.6. The third-order valence-corrected chi connectivity index (χ3v) is 6.75. The van der Waals surface area contributed by atoms with Crippen LogP contribution in [0.2, 0.25) is 0 Å². The lowest BCUT2D eigenvalue weighted by Crippen LogP contribution is -2.44. The molecular formula is C26H31FN2O4. The number of hydrogen-bond donors (Lipinski definition) is 1. The number of alkyl halides is 1. The van der Waals surface area contributed by atoms with E-state index in [0.717, 1.165) is 49.0 Å². The lowest BCUT2D eigenvalue weighted by atomic mass is 9.81. The van der Waals surface area contributed by atoms with Gasteiger partial charge < -0.3 is 19.2 Å². The van der Waals surface area contributed by atoms with Crippen molar-refractivity contribution in [2.75, 3.05) is 26.7 Å². The standard InChI is InChI=1S/C26H31FN2O4/c1-32-20-7-9-25-22(16-20)21(10-12-28-25)24(27)8-6-18-11-14-29(17-23(18)26(30)31)13-2-4-19-5-3-15-33-19/h3,5,7,9-10,12,15-16,18,23-24H,2,4,6,8,11,13-14,17H2,1H3,(H,30,31)/t18-,23+,24-/m1/s1. The highest BCUT2D eigenvalue weighted by molar-refractivity contribution is 5.83. The van der Waals surface area contributed by atoms with E-state index < -0.39 is 18.1 Å². The minimum atomic E-state index is -1.18. The first-order chi connectivity index (χ1) is 16.0. The van der Waals surface area contributed by atoms with Gasteiger partial charge in [0, 0.05) is 24.5 Å². The van der Waals surface area contributed by atoms with Gasteiger partial charge in [0.1, 0.15) is 17.7 Å². The summed E-state index contributed by atoms with van der Waals surface area (Å²) in [5, 5.41) is 10.6. The van der Waals surface area contributed by atoms with Crippen molar-refractivity contribution in [2.45, 2.75) is 38.3 Å². The summed E-state index contributed by atoms with van der Waals surface area (Å²) in [6, 6.07) is 11.0. The van der Waals surface area contributed by atoms with E-state index in [9.17, 15) is 9.90 Å². The lowest BCUT2D eigenvalue weighted by molar-refractivity contribution is -0.146. The van der Waals surface area contributed by atoms with E-state index >= 15 is 4.39 Å². The fourth-order valence-electron chi connectivity index (χ4n) is 4.89. The summed E-state index contributed by atoms with van der Waals surface area (Å²) in [6.07, 6.45) is 5.51. The highest BCUT2D eigenvalue weighted by atomic mass is 19.1. The van der Waals surface area contributed by atoms with E-state index in [4.69, 9.17) is 9.15 Å². The Morgan fingerprint density at radius 3 is 3.00 bits per heavy atom. The number of pyridine rings is 1. The molecule has 3 aromatic rings. The zero-order valence-electron chi connectivity index (χ0n) is 19.0. The van der Waals surface area contributed by atoms with Crippen LogP contribution < -0.4 is 4.74 Å². The van der Waals surface area contributed by atoms with Crippen molar-refractivity contribution in [3.05, 3.63) is 60.2 Å². The van der Waals surface area contributed by atoms with Crippen molar-refractivity contribution in [2.24, 2.45) is 11.8 Å². The smallest absolute Gasteiger partial charge is 0.308 e. The minimum absolute atomic E-state index is 0.0234. The number of aromatic nitrogens is 1. The van der Waals surface area contributed by atoms with Crippen molar-refractivity contribution >= 4 is 16.9 Å². The molecule has 0 saturated carbocycles. The number of carboxylic acid groups (broad SMARTS) is 1. The Hall–Kier alpha value is -2.93. The highest BCUT2D eigenvalue weighted by Gasteiger charge is 2.34. The predicted molar refractivity (Wildman–Crippen MR) is 124 cm³/mol. The Bertz CT molecular complexity index is 1060. The molecule has 1 saturated heterocycles. The van der Waals surface area contributed by atoms with Gasteiger partial charge in [-0.15, -0.1) is 0 Å². The van der Waals surface area contributed by atoms with Crippen molar-refractivity contribution in [1.82, 2.24) is 9.88 Å². The van der Waals surface area contributed by atoms with Gasteiger partial charge in [0.2, 0.25) is 0 Å². The van der Waals surface area contributed by atoms with Gasteiger partial charge in [-0.2, -0.15) is 0 Å². The number of aliphatic carboxylic acids is 1. The molecule has 0 unspecified atom stereocenters. The number of piperidine rings is 1. The third kappa shape index (κ3) is 5.71. The van der Waals surface area contributed by atoms with Crippen molar-refractivity contribution in [3.63, 3.8) is 0 Å². The Morgan fingerprint density at radius 1 is 1.36 bits per heavy atom. The molecule has 0 spiro atoms. The quantitative estimate of drug-likeness (QED) is 0.449. The van der Waals surface area contributed by atoms with Crippen molar-refractivity contribution in [1.29, 1.82) is 0 Å². The average Bonchev–Trinajstić information content (AvgIpc) is 3.35. The number of halogens is 1. The van der Waals surface area contributed by atoms with Crippen LogP contribution in [0.4, 0.5) is 4.39 Å². The fraction of sp³-hybridized carbons (Fsp3) is 0.462. The highest BCUT2D eigenvalue weighted by Crippen LogP contribution is 2.35. The number of rotatable bonds is 10. The molecule has 3 atom stereocenters. The molecule has 2 aromatic heterocycles. The summed E-state index contributed by atoms with van der Waals surface area (Å²) in [6.45, 7) is 2.21. The Kier molecular flexibility index (Phi) is 7.60. The number of nitrogens with zero attached hydrogens (tertiary/aromatic N) is 2. The fourth-order valence-corrected chi connectivity index (χ4v) is 4.89. The first kappa shape index (κ1) is 23.2. The minimum Gasteiger partial charge on any atom is -0.497 e. The second kappa shape index (κ2) is 10.8. The summed E-state index contributed by atoms with van der Waals surface area (Å²) in [7, 11) is 1.58. The second-order valence-electron chi connectivity index (χ2n) is 8.81. The maximum absolute atomic E-state index is 15.3. The monoisotopic (exact) mass is 454 g/mol. The van der Waals surface area contributed by atoms with Crippen LogP contribution in [0.25, 0.3) is 10.9 Å². The maximum atomic E-state index is 15.3. The van der Waals surface area contributed by atoms with E-state index in [1.165, 1.54) is 0 Å². The van der Waals surface area contributed by atoms with Crippen LogP contribution >= 0.6 is 0 Å². The number of aryl methyl sites for hydroxylation is 1. The molecule has 3 heterocycles. The van der Waals surface area contributed by atoms with Crippen LogP contribution in [0.15, 0.2) is 53.3 Å². The molecule has 0 amide bonds. The molecule has 1 aromatic carbocycles. The molecule has 6 nitrogen and oxygen atoms in total. The van der Waals surface area contributed by atoms with Gasteiger partial charge in [-0.1, -0.05) is 0 Å². The SMILES string of the molecule is COc1ccc2nccc([C@H](F)CC[C@@H]3CCN(CCCc4ccco4)C[C@@H]3C(=O)O)c2c1. The molecule has 0 aliphatic carbocycles. The van der Waals surface area contributed by atoms with Gasteiger partial charge in [-0.25, -0.2) is 4.39 Å². The Labute approximate surface area is 193 Å². The number of methoxy groups -OCH3 is 1. The lowest BCUT2D eigenvalue weighted by Gasteiger charge is -2.36. The van der Waals surface area contributed by atoms with Crippen LogP contribution in [-0.2, 0) is 11.2 Å². The molecule has 4 rings (SSSR count). The molecule has 1 aliphatic rings.